The summed E-state index contributed by atoms with van der Waals surface area (Å²) < 4.78 is 49.0. The smallest absolute Gasteiger partial charge is 0.201 e. The van der Waals surface area contributed by atoms with Crippen molar-refractivity contribution in [2.24, 2.45) is 0 Å². The minimum Gasteiger partial charge on any atom is -0.490 e. The summed E-state index contributed by atoms with van der Waals surface area (Å²) in [5.74, 6) is -2.67. The zero-order chi connectivity index (χ0) is 21.5. The van der Waals surface area contributed by atoms with Crippen LogP contribution in [0.25, 0.3) is 22.3 Å². The molecular weight excluding hydrogens is 385 g/mol. The summed E-state index contributed by atoms with van der Waals surface area (Å²) >= 11 is 0. The van der Waals surface area contributed by atoms with Crippen LogP contribution >= 0.6 is 0 Å². The Kier molecular flexibility index (Phi) is 7.56. The lowest BCUT2D eigenvalue weighted by Gasteiger charge is -2.11. The third-order valence-corrected chi connectivity index (χ3v) is 5.17. The van der Waals surface area contributed by atoms with Crippen LogP contribution in [0.4, 0.5) is 13.2 Å². The first-order valence-electron chi connectivity index (χ1n) is 10.5. The Labute approximate surface area is 176 Å². The number of ether oxygens (including phenoxy) is 1. The van der Waals surface area contributed by atoms with Gasteiger partial charge in [0.25, 0.3) is 0 Å². The van der Waals surface area contributed by atoms with Gasteiger partial charge in [0.2, 0.25) is 5.82 Å². The molecule has 158 valence electrons. The number of halogens is 3. The predicted molar refractivity (Wildman–Crippen MR) is 116 cm³/mol. The van der Waals surface area contributed by atoms with Crippen LogP contribution in [0.15, 0.2) is 54.6 Å². The molecule has 3 rings (SSSR count). The number of hydrogen-bond acceptors (Lipinski definition) is 1. The minimum atomic E-state index is -1.05. The molecule has 0 atom stereocenters. The Morgan fingerprint density at radius 1 is 0.700 bits per heavy atom. The number of aryl methyl sites for hydroxylation is 1. The normalized spacial score (nSPS) is 11.0. The Bertz CT molecular complexity index is 980. The van der Waals surface area contributed by atoms with E-state index in [1.165, 1.54) is 23.8 Å². The molecule has 3 aromatic carbocycles. The molecule has 30 heavy (non-hydrogen) atoms. The molecule has 0 bridgehead atoms. The third kappa shape index (κ3) is 5.05. The lowest BCUT2D eigenvalue weighted by Crippen LogP contribution is -2.01. The van der Waals surface area contributed by atoms with Gasteiger partial charge in [0.15, 0.2) is 11.6 Å². The van der Waals surface area contributed by atoms with Gasteiger partial charge in [0, 0.05) is 11.1 Å². The van der Waals surface area contributed by atoms with Crippen molar-refractivity contribution in [1.29, 1.82) is 0 Å². The van der Waals surface area contributed by atoms with Gasteiger partial charge in [-0.1, -0.05) is 63.1 Å². The minimum absolute atomic E-state index is 0.00991. The molecule has 0 saturated carbocycles. The average molecular weight is 412 g/mol. The number of rotatable bonds is 9. The van der Waals surface area contributed by atoms with Crippen molar-refractivity contribution >= 4 is 0 Å². The Morgan fingerprint density at radius 3 is 2.03 bits per heavy atom. The van der Waals surface area contributed by atoms with Crippen LogP contribution in [0.5, 0.6) is 5.75 Å². The summed E-state index contributed by atoms with van der Waals surface area (Å²) in [5, 5.41) is 0. The Hall–Kier alpha value is -2.75. The molecule has 0 amide bonds. The maximum absolute atomic E-state index is 14.8. The van der Waals surface area contributed by atoms with E-state index < -0.39 is 17.5 Å². The van der Waals surface area contributed by atoms with Crippen molar-refractivity contribution in [1.82, 2.24) is 0 Å². The van der Waals surface area contributed by atoms with Crippen molar-refractivity contribution in [2.75, 3.05) is 6.61 Å². The third-order valence-electron chi connectivity index (χ3n) is 5.17. The molecule has 0 heterocycles. The molecule has 1 nitrogen and oxygen atoms in total. The molecular formula is C26H27F3O. The van der Waals surface area contributed by atoms with Crippen molar-refractivity contribution in [3.05, 3.63) is 77.6 Å². The first-order chi connectivity index (χ1) is 14.5. The lowest BCUT2D eigenvalue weighted by atomic mass is 9.97. The molecule has 0 aromatic heterocycles. The molecule has 0 spiro atoms. The highest BCUT2D eigenvalue weighted by atomic mass is 19.2. The summed E-state index contributed by atoms with van der Waals surface area (Å²) in [5.41, 5.74) is 2.70. The standard InChI is InChI=1S/C26H27F3O/c1-3-5-7-18-8-10-19(11-9-18)21-13-12-20(17-23(21)27)22-14-15-24(26(29)25(22)28)30-16-6-4-2/h8-15,17H,3-7,16H2,1-2H3. The van der Waals surface area contributed by atoms with Gasteiger partial charge in [-0.05, 0) is 54.2 Å². The highest BCUT2D eigenvalue weighted by Gasteiger charge is 2.17. The van der Waals surface area contributed by atoms with E-state index in [-0.39, 0.29) is 16.9 Å². The van der Waals surface area contributed by atoms with E-state index in [1.807, 2.05) is 31.2 Å². The largest absolute Gasteiger partial charge is 0.490 e. The molecule has 0 aliphatic rings. The van der Waals surface area contributed by atoms with Crippen molar-refractivity contribution in [3.8, 4) is 28.0 Å². The summed E-state index contributed by atoms with van der Waals surface area (Å²) in [6, 6.07) is 15.1. The molecule has 0 fully saturated rings. The average Bonchev–Trinajstić information content (AvgIpc) is 2.76. The fourth-order valence-corrected chi connectivity index (χ4v) is 3.34. The second-order valence-electron chi connectivity index (χ2n) is 7.44. The second kappa shape index (κ2) is 10.3. The Balaban J connectivity index is 1.84. The van der Waals surface area contributed by atoms with E-state index in [0.29, 0.717) is 12.2 Å². The fraction of sp³-hybridized carbons (Fsp3) is 0.308. The van der Waals surface area contributed by atoms with Crippen LogP contribution in [0.1, 0.15) is 45.1 Å². The molecule has 4 heteroatoms. The predicted octanol–water partition coefficient (Wildman–Crippen LogP) is 7.96. The van der Waals surface area contributed by atoms with E-state index in [2.05, 4.69) is 6.92 Å². The van der Waals surface area contributed by atoms with Gasteiger partial charge in [-0.15, -0.1) is 0 Å². The quantitative estimate of drug-likeness (QED) is 0.324. The summed E-state index contributed by atoms with van der Waals surface area (Å²) in [7, 11) is 0. The Morgan fingerprint density at radius 2 is 1.37 bits per heavy atom. The first kappa shape index (κ1) is 21.9. The molecule has 3 aromatic rings. The topological polar surface area (TPSA) is 9.23 Å². The van der Waals surface area contributed by atoms with Gasteiger partial charge in [0.05, 0.1) is 6.61 Å². The highest BCUT2D eigenvalue weighted by molar-refractivity contribution is 5.72. The zero-order valence-electron chi connectivity index (χ0n) is 17.5. The first-order valence-corrected chi connectivity index (χ1v) is 10.5. The van der Waals surface area contributed by atoms with Crippen LogP contribution in [0.2, 0.25) is 0 Å². The number of benzene rings is 3. The molecule has 0 aliphatic carbocycles. The van der Waals surface area contributed by atoms with Gasteiger partial charge in [-0.25, -0.2) is 8.78 Å². The van der Waals surface area contributed by atoms with Crippen LogP contribution < -0.4 is 4.74 Å². The molecule has 0 radical (unpaired) electrons. The van der Waals surface area contributed by atoms with E-state index in [1.54, 1.807) is 12.1 Å². The number of unbranched alkanes of at least 4 members (excludes halogenated alkanes) is 2. The van der Waals surface area contributed by atoms with Gasteiger partial charge < -0.3 is 4.74 Å². The summed E-state index contributed by atoms with van der Waals surface area (Å²) in [6.45, 7) is 4.46. The van der Waals surface area contributed by atoms with E-state index >= 15 is 0 Å². The maximum Gasteiger partial charge on any atom is 0.201 e. The van der Waals surface area contributed by atoms with E-state index in [9.17, 15) is 13.2 Å². The van der Waals surface area contributed by atoms with Crippen LogP contribution in [0, 0.1) is 17.5 Å². The van der Waals surface area contributed by atoms with E-state index in [4.69, 9.17) is 4.74 Å². The second-order valence-corrected chi connectivity index (χ2v) is 7.44. The SMILES string of the molecule is CCCCOc1ccc(-c2ccc(-c3ccc(CCCC)cc3)c(F)c2)c(F)c1F. The number of hydrogen-bond donors (Lipinski definition) is 0. The van der Waals surface area contributed by atoms with Crippen LogP contribution in [-0.2, 0) is 6.42 Å². The summed E-state index contributed by atoms with van der Waals surface area (Å²) in [6.07, 6.45) is 4.90. The van der Waals surface area contributed by atoms with Gasteiger partial charge in [-0.3, -0.25) is 0 Å². The lowest BCUT2D eigenvalue weighted by molar-refractivity contribution is 0.289. The van der Waals surface area contributed by atoms with Crippen molar-refractivity contribution in [2.45, 2.75) is 46.0 Å². The van der Waals surface area contributed by atoms with Crippen molar-refractivity contribution < 1.29 is 17.9 Å². The van der Waals surface area contributed by atoms with Crippen molar-refractivity contribution in [3.63, 3.8) is 0 Å². The maximum atomic E-state index is 14.8. The molecule has 0 aliphatic heterocycles. The molecule has 0 unspecified atom stereocenters. The molecule has 0 saturated heterocycles. The van der Waals surface area contributed by atoms with Gasteiger partial charge in [-0.2, -0.15) is 4.39 Å². The zero-order valence-corrected chi connectivity index (χ0v) is 17.5. The van der Waals surface area contributed by atoms with E-state index in [0.717, 1.165) is 37.7 Å². The summed E-state index contributed by atoms with van der Waals surface area (Å²) in [4.78, 5) is 0. The monoisotopic (exact) mass is 412 g/mol. The highest BCUT2D eigenvalue weighted by Crippen LogP contribution is 2.33. The van der Waals surface area contributed by atoms with Gasteiger partial charge >= 0.3 is 0 Å². The molecule has 0 N–H and O–H groups in total. The fourth-order valence-electron chi connectivity index (χ4n) is 3.34. The van der Waals surface area contributed by atoms with Crippen LogP contribution in [-0.4, -0.2) is 6.61 Å². The van der Waals surface area contributed by atoms with Gasteiger partial charge in [0.1, 0.15) is 5.82 Å². The van der Waals surface area contributed by atoms with Crippen LogP contribution in [0.3, 0.4) is 0 Å².